The smallest absolute Gasteiger partial charge is 0.254 e. The van der Waals surface area contributed by atoms with E-state index in [0.717, 1.165) is 38.9 Å². The number of fused-ring (bicyclic) bond motifs is 3. The van der Waals surface area contributed by atoms with Crippen molar-refractivity contribution in [3.63, 3.8) is 0 Å². The maximum absolute atomic E-state index is 13.5. The fourth-order valence-electron chi connectivity index (χ4n) is 4.52. The van der Waals surface area contributed by atoms with Gasteiger partial charge in [0.25, 0.3) is 5.91 Å². The Morgan fingerprint density at radius 2 is 1.97 bits per heavy atom. The number of hydrogen-bond acceptors (Lipinski definition) is 6. The Morgan fingerprint density at radius 3 is 2.75 bits per heavy atom. The molecule has 1 aliphatic heterocycles. The van der Waals surface area contributed by atoms with Crippen molar-refractivity contribution in [2.45, 2.75) is 20.0 Å². The predicted molar refractivity (Wildman–Crippen MR) is 137 cm³/mol. The molecule has 0 unspecified atom stereocenters. The van der Waals surface area contributed by atoms with Crippen LogP contribution in [0.2, 0.25) is 0 Å². The second-order valence-corrected chi connectivity index (χ2v) is 9.12. The molecule has 9 heteroatoms. The third-order valence-corrected chi connectivity index (χ3v) is 6.80. The van der Waals surface area contributed by atoms with E-state index in [9.17, 15) is 9.18 Å². The minimum absolute atomic E-state index is 0.228. The number of carbonyl (C=O) groups is 1. The van der Waals surface area contributed by atoms with Gasteiger partial charge >= 0.3 is 0 Å². The fourth-order valence-corrected chi connectivity index (χ4v) is 4.96. The van der Waals surface area contributed by atoms with Crippen molar-refractivity contribution >= 4 is 38.9 Å². The minimum Gasteiger partial charge on any atom is -0.488 e. The van der Waals surface area contributed by atoms with Crippen LogP contribution in [0.4, 0.5) is 9.52 Å². The molecule has 178 valence electrons. The maximum Gasteiger partial charge on any atom is 0.254 e. The van der Waals surface area contributed by atoms with Crippen LogP contribution in [0.25, 0.3) is 22.2 Å². The van der Waals surface area contributed by atoms with Crippen LogP contribution in [-0.2, 0) is 11.4 Å². The van der Waals surface area contributed by atoms with Crippen LogP contribution < -0.4 is 10.1 Å². The molecule has 0 saturated heterocycles. The van der Waals surface area contributed by atoms with E-state index in [4.69, 9.17) is 4.74 Å². The SMILES string of the molecule is CCC(C(=O)Nc1nncs1)=C1c2ccccc2COc2cc3c(cnn3-c3ccc(F)cc3)cc21. The van der Waals surface area contributed by atoms with E-state index in [2.05, 4.69) is 20.6 Å². The van der Waals surface area contributed by atoms with E-state index in [1.54, 1.807) is 28.5 Å². The molecule has 0 radical (unpaired) electrons. The average Bonchev–Trinajstić information content (AvgIpc) is 3.52. The van der Waals surface area contributed by atoms with Crippen molar-refractivity contribution in [3.05, 3.63) is 100 Å². The number of nitrogens with zero attached hydrogens (tertiary/aromatic N) is 4. The molecule has 3 aromatic carbocycles. The summed E-state index contributed by atoms with van der Waals surface area (Å²) < 4.78 is 21.5. The Hall–Kier alpha value is -4.37. The van der Waals surface area contributed by atoms with E-state index in [-0.39, 0.29) is 11.7 Å². The van der Waals surface area contributed by atoms with Gasteiger partial charge in [0.2, 0.25) is 5.13 Å². The van der Waals surface area contributed by atoms with Gasteiger partial charge in [-0.1, -0.05) is 42.5 Å². The van der Waals surface area contributed by atoms with Crippen molar-refractivity contribution in [1.82, 2.24) is 20.0 Å². The largest absolute Gasteiger partial charge is 0.488 e. The van der Waals surface area contributed by atoms with Crippen molar-refractivity contribution in [1.29, 1.82) is 0 Å². The molecular formula is C27H20FN5O2S. The fraction of sp³-hybridized carbons (Fsp3) is 0.111. The number of amides is 1. The highest BCUT2D eigenvalue weighted by molar-refractivity contribution is 7.13. The normalized spacial score (nSPS) is 13.9. The molecule has 6 rings (SSSR count). The van der Waals surface area contributed by atoms with Gasteiger partial charge in [-0.2, -0.15) is 5.10 Å². The molecule has 0 aliphatic carbocycles. The van der Waals surface area contributed by atoms with Crippen molar-refractivity contribution in [2.24, 2.45) is 0 Å². The lowest BCUT2D eigenvalue weighted by Crippen LogP contribution is -2.16. The molecule has 5 aromatic rings. The molecule has 36 heavy (non-hydrogen) atoms. The van der Waals surface area contributed by atoms with Crippen LogP contribution in [0.5, 0.6) is 5.75 Å². The lowest BCUT2D eigenvalue weighted by atomic mass is 9.88. The van der Waals surface area contributed by atoms with Gasteiger partial charge in [0.15, 0.2) is 0 Å². The monoisotopic (exact) mass is 497 g/mol. The molecule has 0 bridgehead atoms. The molecule has 1 amide bonds. The molecule has 1 N–H and O–H groups in total. The van der Waals surface area contributed by atoms with E-state index in [0.29, 0.717) is 29.5 Å². The van der Waals surface area contributed by atoms with Crippen LogP contribution in [0.1, 0.15) is 30.0 Å². The van der Waals surface area contributed by atoms with Gasteiger partial charge in [-0.3, -0.25) is 10.1 Å². The number of nitrogens with one attached hydrogen (secondary N) is 1. The maximum atomic E-state index is 13.5. The van der Waals surface area contributed by atoms with Crippen LogP contribution in [-0.4, -0.2) is 25.9 Å². The highest BCUT2D eigenvalue weighted by Crippen LogP contribution is 2.42. The van der Waals surface area contributed by atoms with Gasteiger partial charge in [-0.05, 0) is 47.9 Å². The standard InChI is InChI=1S/C27H20FN5O2S/c1-2-20(26(34)31-27-32-29-15-36-27)25-21-6-4-3-5-16(21)14-35-24-12-23-17(11-22(24)25)13-30-33(23)19-9-7-18(28)8-10-19/h3-13,15H,2,14H2,1H3,(H,31,32,34). The molecule has 1 aliphatic rings. The average molecular weight is 498 g/mol. The summed E-state index contributed by atoms with van der Waals surface area (Å²) in [6, 6.07) is 18.1. The number of carbonyl (C=O) groups excluding carboxylic acids is 1. The topological polar surface area (TPSA) is 81.9 Å². The predicted octanol–water partition coefficient (Wildman–Crippen LogP) is 5.76. The van der Waals surface area contributed by atoms with Crippen molar-refractivity contribution in [3.8, 4) is 11.4 Å². The first-order valence-electron chi connectivity index (χ1n) is 11.4. The van der Waals surface area contributed by atoms with E-state index < -0.39 is 0 Å². The number of anilines is 1. The summed E-state index contributed by atoms with van der Waals surface area (Å²) in [5.41, 5.74) is 7.33. The molecule has 2 aromatic heterocycles. The van der Waals surface area contributed by atoms with Crippen LogP contribution >= 0.6 is 11.3 Å². The van der Waals surface area contributed by atoms with Crippen LogP contribution in [0.15, 0.2) is 77.9 Å². The third kappa shape index (κ3) is 3.83. The zero-order chi connectivity index (χ0) is 24.6. The number of aromatic nitrogens is 4. The summed E-state index contributed by atoms with van der Waals surface area (Å²) in [4.78, 5) is 13.4. The number of rotatable bonds is 4. The summed E-state index contributed by atoms with van der Waals surface area (Å²) in [7, 11) is 0. The lowest BCUT2D eigenvalue weighted by molar-refractivity contribution is -0.112. The second-order valence-electron chi connectivity index (χ2n) is 8.29. The van der Waals surface area contributed by atoms with Gasteiger partial charge in [0.05, 0.1) is 17.4 Å². The Morgan fingerprint density at radius 1 is 1.14 bits per heavy atom. The van der Waals surface area contributed by atoms with Gasteiger partial charge in [-0.25, -0.2) is 9.07 Å². The van der Waals surface area contributed by atoms with Gasteiger partial charge < -0.3 is 4.74 Å². The van der Waals surface area contributed by atoms with E-state index >= 15 is 0 Å². The summed E-state index contributed by atoms with van der Waals surface area (Å²) in [5, 5.41) is 16.5. The first kappa shape index (κ1) is 22.1. The van der Waals surface area contributed by atoms with Gasteiger partial charge in [0.1, 0.15) is 23.7 Å². The summed E-state index contributed by atoms with van der Waals surface area (Å²) >= 11 is 1.27. The molecule has 0 atom stereocenters. The van der Waals surface area contributed by atoms with E-state index in [1.165, 1.54) is 23.5 Å². The van der Waals surface area contributed by atoms with Crippen molar-refractivity contribution in [2.75, 3.05) is 5.32 Å². The number of hydrogen-bond donors (Lipinski definition) is 1. The van der Waals surface area contributed by atoms with Crippen LogP contribution in [0, 0.1) is 5.82 Å². The highest BCUT2D eigenvalue weighted by atomic mass is 32.1. The van der Waals surface area contributed by atoms with Gasteiger partial charge in [-0.15, -0.1) is 10.2 Å². The minimum atomic E-state index is -0.307. The lowest BCUT2D eigenvalue weighted by Gasteiger charge is -2.16. The Balaban J connectivity index is 1.56. The first-order valence-corrected chi connectivity index (χ1v) is 12.3. The zero-order valence-corrected chi connectivity index (χ0v) is 20.1. The molecule has 7 nitrogen and oxygen atoms in total. The molecular weight excluding hydrogens is 477 g/mol. The molecule has 3 heterocycles. The second kappa shape index (κ2) is 9.01. The molecule has 0 saturated carbocycles. The van der Waals surface area contributed by atoms with Crippen LogP contribution in [0.3, 0.4) is 0 Å². The Kier molecular flexibility index (Phi) is 5.54. The molecule has 0 spiro atoms. The zero-order valence-electron chi connectivity index (χ0n) is 19.2. The summed E-state index contributed by atoms with van der Waals surface area (Å²) in [5.74, 6) is 0.111. The third-order valence-electron chi connectivity index (χ3n) is 6.19. The summed E-state index contributed by atoms with van der Waals surface area (Å²) in [6.07, 6.45) is 2.26. The number of halogens is 1. The van der Waals surface area contributed by atoms with Gasteiger partial charge in [0, 0.05) is 28.2 Å². The van der Waals surface area contributed by atoms with Crippen molar-refractivity contribution < 1.29 is 13.9 Å². The highest BCUT2D eigenvalue weighted by Gasteiger charge is 2.26. The summed E-state index contributed by atoms with van der Waals surface area (Å²) in [6.45, 7) is 2.32. The quantitative estimate of drug-likeness (QED) is 0.319. The number of ether oxygens (including phenoxy) is 1. The Labute approximate surface area is 209 Å². The first-order chi connectivity index (χ1) is 17.6. The Bertz CT molecular complexity index is 1620. The molecule has 0 fully saturated rings. The number of benzene rings is 3. The van der Waals surface area contributed by atoms with E-state index in [1.807, 2.05) is 43.3 Å².